The SMILES string of the molecule is CCNC1=CCC(C)CC1. The van der Waals surface area contributed by atoms with Crippen LogP contribution in [0.25, 0.3) is 0 Å². The molecule has 0 spiro atoms. The first-order valence-corrected chi connectivity index (χ1v) is 4.25. The molecule has 0 aromatic rings. The molecule has 1 aliphatic rings. The summed E-state index contributed by atoms with van der Waals surface area (Å²) in [6.07, 6.45) is 6.23. The third-order valence-corrected chi connectivity index (χ3v) is 2.08. The fourth-order valence-corrected chi connectivity index (χ4v) is 1.35. The molecule has 0 heterocycles. The predicted octanol–water partition coefficient (Wildman–Crippen LogP) is 2.30. The summed E-state index contributed by atoms with van der Waals surface area (Å²) in [4.78, 5) is 0. The fourth-order valence-electron chi connectivity index (χ4n) is 1.35. The summed E-state index contributed by atoms with van der Waals surface area (Å²) >= 11 is 0. The number of hydrogen-bond acceptors (Lipinski definition) is 1. The normalized spacial score (nSPS) is 25.8. The molecule has 0 aromatic heterocycles. The largest absolute Gasteiger partial charge is 0.389 e. The van der Waals surface area contributed by atoms with Crippen molar-refractivity contribution in [2.75, 3.05) is 6.54 Å². The van der Waals surface area contributed by atoms with E-state index in [1.54, 1.807) is 0 Å². The van der Waals surface area contributed by atoms with E-state index in [0.29, 0.717) is 0 Å². The van der Waals surface area contributed by atoms with Crippen LogP contribution in [0, 0.1) is 5.92 Å². The lowest BCUT2D eigenvalue weighted by Crippen LogP contribution is -2.16. The van der Waals surface area contributed by atoms with Crippen molar-refractivity contribution in [1.29, 1.82) is 0 Å². The van der Waals surface area contributed by atoms with Crippen LogP contribution in [0.4, 0.5) is 0 Å². The van der Waals surface area contributed by atoms with Crippen molar-refractivity contribution in [2.45, 2.75) is 33.1 Å². The van der Waals surface area contributed by atoms with Crippen LogP contribution in [0.2, 0.25) is 0 Å². The van der Waals surface area contributed by atoms with Gasteiger partial charge in [-0.05, 0) is 32.1 Å². The Hall–Kier alpha value is -0.460. The molecule has 0 amide bonds. The molecule has 1 heteroatoms. The summed E-state index contributed by atoms with van der Waals surface area (Å²) in [7, 11) is 0. The quantitative estimate of drug-likeness (QED) is 0.619. The smallest absolute Gasteiger partial charge is 0.0115 e. The minimum absolute atomic E-state index is 0.905. The molecule has 1 rings (SSSR count). The molecule has 58 valence electrons. The van der Waals surface area contributed by atoms with Gasteiger partial charge in [0.2, 0.25) is 0 Å². The van der Waals surface area contributed by atoms with Crippen LogP contribution >= 0.6 is 0 Å². The molecule has 0 fully saturated rings. The Balaban J connectivity index is 2.33. The second kappa shape index (κ2) is 3.65. The second-order valence-electron chi connectivity index (χ2n) is 3.14. The summed E-state index contributed by atoms with van der Waals surface area (Å²) in [5, 5.41) is 3.37. The highest BCUT2D eigenvalue weighted by Gasteiger charge is 2.07. The molecule has 0 aliphatic heterocycles. The maximum Gasteiger partial charge on any atom is 0.0115 e. The van der Waals surface area contributed by atoms with Gasteiger partial charge in [-0.25, -0.2) is 0 Å². The summed E-state index contributed by atoms with van der Waals surface area (Å²) in [5.74, 6) is 0.905. The van der Waals surface area contributed by atoms with Crippen molar-refractivity contribution < 1.29 is 0 Å². The highest BCUT2D eigenvalue weighted by Crippen LogP contribution is 2.20. The zero-order valence-electron chi connectivity index (χ0n) is 6.98. The minimum Gasteiger partial charge on any atom is -0.389 e. The molecule has 1 nitrogen and oxygen atoms in total. The summed E-state index contributed by atoms with van der Waals surface area (Å²) in [5.41, 5.74) is 1.46. The Labute approximate surface area is 63.5 Å². The van der Waals surface area contributed by atoms with Crippen molar-refractivity contribution in [1.82, 2.24) is 5.32 Å². The average Bonchev–Trinajstić information content (AvgIpc) is 1.95. The Morgan fingerprint density at radius 3 is 3.00 bits per heavy atom. The van der Waals surface area contributed by atoms with E-state index in [2.05, 4.69) is 25.2 Å². The summed E-state index contributed by atoms with van der Waals surface area (Å²) in [6, 6.07) is 0. The van der Waals surface area contributed by atoms with Crippen LogP contribution in [-0.4, -0.2) is 6.54 Å². The summed E-state index contributed by atoms with van der Waals surface area (Å²) in [6.45, 7) is 5.54. The molecule has 0 bridgehead atoms. The van der Waals surface area contributed by atoms with Gasteiger partial charge in [-0.2, -0.15) is 0 Å². The van der Waals surface area contributed by atoms with Crippen molar-refractivity contribution in [3.8, 4) is 0 Å². The molecule has 0 radical (unpaired) electrons. The van der Waals surface area contributed by atoms with E-state index in [9.17, 15) is 0 Å². The van der Waals surface area contributed by atoms with Crippen molar-refractivity contribution >= 4 is 0 Å². The minimum atomic E-state index is 0.905. The Morgan fingerprint density at radius 1 is 1.70 bits per heavy atom. The van der Waals surface area contributed by atoms with Gasteiger partial charge in [0.15, 0.2) is 0 Å². The van der Waals surface area contributed by atoms with E-state index < -0.39 is 0 Å². The van der Waals surface area contributed by atoms with Crippen LogP contribution in [-0.2, 0) is 0 Å². The number of rotatable bonds is 2. The molecule has 0 saturated heterocycles. The number of allylic oxidation sites excluding steroid dienone is 2. The van der Waals surface area contributed by atoms with Gasteiger partial charge in [-0.3, -0.25) is 0 Å². The van der Waals surface area contributed by atoms with E-state index in [-0.39, 0.29) is 0 Å². The van der Waals surface area contributed by atoms with Gasteiger partial charge in [0.25, 0.3) is 0 Å². The average molecular weight is 139 g/mol. The highest BCUT2D eigenvalue weighted by atomic mass is 14.9. The number of hydrogen-bond donors (Lipinski definition) is 1. The molecule has 1 aliphatic carbocycles. The first-order valence-electron chi connectivity index (χ1n) is 4.25. The topological polar surface area (TPSA) is 12.0 Å². The van der Waals surface area contributed by atoms with E-state index in [1.807, 2.05) is 0 Å². The van der Waals surface area contributed by atoms with Gasteiger partial charge >= 0.3 is 0 Å². The molecular formula is C9H17N. The van der Waals surface area contributed by atoms with E-state index in [0.717, 1.165) is 12.5 Å². The second-order valence-corrected chi connectivity index (χ2v) is 3.14. The van der Waals surface area contributed by atoms with Gasteiger partial charge in [-0.1, -0.05) is 13.0 Å². The molecule has 1 atom stereocenters. The standard InChI is InChI=1S/C9H17N/c1-3-10-9-6-4-8(2)5-7-9/h6,8,10H,3-5,7H2,1-2H3. The summed E-state index contributed by atoms with van der Waals surface area (Å²) < 4.78 is 0. The van der Waals surface area contributed by atoms with Crippen molar-refractivity contribution in [3.63, 3.8) is 0 Å². The molecule has 1 unspecified atom stereocenters. The highest BCUT2D eigenvalue weighted by molar-refractivity contribution is 5.03. The molecule has 1 N–H and O–H groups in total. The van der Waals surface area contributed by atoms with Gasteiger partial charge in [0, 0.05) is 12.2 Å². The third-order valence-electron chi connectivity index (χ3n) is 2.08. The predicted molar refractivity (Wildman–Crippen MR) is 44.8 cm³/mol. The molecule has 10 heavy (non-hydrogen) atoms. The van der Waals surface area contributed by atoms with Gasteiger partial charge in [-0.15, -0.1) is 0 Å². The zero-order chi connectivity index (χ0) is 7.40. The van der Waals surface area contributed by atoms with Crippen LogP contribution in [0.3, 0.4) is 0 Å². The third kappa shape index (κ3) is 2.05. The maximum absolute atomic E-state index is 3.37. The lowest BCUT2D eigenvalue weighted by Gasteiger charge is -2.18. The van der Waals surface area contributed by atoms with Crippen molar-refractivity contribution in [2.24, 2.45) is 5.92 Å². The first kappa shape index (κ1) is 7.64. The Bertz CT molecular complexity index is 127. The molecule has 0 saturated carbocycles. The lowest BCUT2D eigenvalue weighted by molar-refractivity contribution is 0.498. The van der Waals surface area contributed by atoms with Crippen LogP contribution in [0.5, 0.6) is 0 Å². The monoisotopic (exact) mass is 139 g/mol. The Kier molecular flexibility index (Phi) is 2.79. The van der Waals surface area contributed by atoms with Crippen LogP contribution in [0.1, 0.15) is 33.1 Å². The lowest BCUT2D eigenvalue weighted by atomic mass is 9.94. The van der Waals surface area contributed by atoms with Gasteiger partial charge in [0.05, 0.1) is 0 Å². The van der Waals surface area contributed by atoms with Crippen molar-refractivity contribution in [3.05, 3.63) is 11.8 Å². The Morgan fingerprint density at radius 2 is 2.50 bits per heavy atom. The van der Waals surface area contributed by atoms with Gasteiger partial charge < -0.3 is 5.32 Å². The molecular weight excluding hydrogens is 122 g/mol. The van der Waals surface area contributed by atoms with E-state index in [1.165, 1.54) is 25.0 Å². The zero-order valence-corrected chi connectivity index (χ0v) is 6.98. The first-order chi connectivity index (χ1) is 4.83. The van der Waals surface area contributed by atoms with Crippen LogP contribution < -0.4 is 5.32 Å². The fraction of sp³-hybridized carbons (Fsp3) is 0.778. The van der Waals surface area contributed by atoms with Crippen LogP contribution in [0.15, 0.2) is 11.8 Å². The molecule has 0 aromatic carbocycles. The van der Waals surface area contributed by atoms with E-state index >= 15 is 0 Å². The van der Waals surface area contributed by atoms with Gasteiger partial charge in [0.1, 0.15) is 0 Å². The number of nitrogens with one attached hydrogen (secondary N) is 1. The van der Waals surface area contributed by atoms with E-state index in [4.69, 9.17) is 0 Å². The maximum atomic E-state index is 3.37.